The van der Waals surface area contributed by atoms with Crippen molar-refractivity contribution >= 4 is 0 Å². The van der Waals surface area contributed by atoms with Gasteiger partial charge in [-0.15, -0.1) is 0 Å². The van der Waals surface area contributed by atoms with E-state index in [-0.39, 0.29) is 18.3 Å². The summed E-state index contributed by atoms with van der Waals surface area (Å²) in [5.74, 6) is 0. The van der Waals surface area contributed by atoms with Gasteiger partial charge in [0.15, 0.2) is 0 Å². The maximum absolute atomic E-state index is 9.47. The first-order valence-corrected chi connectivity index (χ1v) is 6.83. The van der Waals surface area contributed by atoms with Gasteiger partial charge in [-0.05, 0) is 39.0 Å². The first kappa shape index (κ1) is 13.3. The van der Waals surface area contributed by atoms with E-state index < -0.39 is 0 Å². The van der Waals surface area contributed by atoms with E-state index in [0.29, 0.717) is 12.1 Å². The number of hydrogen-bond acceptors (Lipinski definition) is 4. The second-order valence-electron chi connectivity index (χ2n) is 5.21. The van der Waals surface area contributed by atoms with E-state index in [2.05, 4.69) is 5.32 Å². The molecule has 2 rings (SSSR count). The molecule has 0 saturated heterocycles. The van der Waals surface area contributed by atoms with Crippen LogP contribution in [0.3, 0.4) is 0 Å². The molecule has 0 heterocycles. The Morgan fingerprint density at radius 2 is 1.94 bits per heavy atom. The van der Waals surface area contributed by atoms with Crippen molar-refractivity contribution in [2.24, 2.45) is 0 Å². The van der Waals surface area contributed by atoms with Gasteiger partial charge in [-0.3, -0.25) is 0 Å². The second kappa shape index (κ2) is 6.14. The standard InChI is InChI=1S/C13H25NO3/c1-3-17-12-8-11(13(12)16-2)14-9-4-6-10(15)7-5-9/h9-15H,3-8H2,1-2H3. The maximum atomic E-state index is 9.47. The third-order valence-corrected chi connectivity index (χ3v) is 4.05. The molecule has 100 valence electrons. The van der Waals surface area contributed by atoms with Crippen molar-refractivity contribution in [2.75, 3.05) is 13.7 Å². The number of nitrogens with one attached hydrogen (secondary N) is 1. The third kappa shape index (κ3) is 3.19. The summed E-state index contributed by atoms with van der Waals surface area (Å²) in [5, 5.41) is 13.1. The minimum atomic E-state index is -0.0798. The number of methoxy groups -OCH3 is 1. The van der Waals surface area contributed by atoms with Gasteiger partial charge in [0, 0.05) is 25.8 Å². The van der Waals surface area contributed by atoms with E-state index >= 15 is 0 Å². The molecule has 17 heavy (non-hydrogen) atoms. The van der Waals surface area contributed by atoms with Crippen LogP contribution in [0, 0.1) is 0 Å². The number of ether oxygens (including phenoxy) is 2. The highest BCUT2D eigenvalue weighted by Gasteiger charge is 2.43. The molecule has 2 fully saturated rings. The molecule has 2 saturated carbocycles. The first-order valence-electron chi connectivity index (χ1n) is 6.83. The molecule has 0 aromatic rings. The Balaban J connectivity index is 1.73. The topological polar surface area (TPSA) is 50.7 Å². The van der Waals surface area contributed by atoms with Gasteiger partial charge in [0.2, 0.25) is 0 Å². The zero-order valence-corrected chi connectivity index (χ0v) is 10.9. The summed E-state index contributed by atoms with van der Waals surface area (Å²) < 4.78 is 11.1. The monoisotopic (exact) mass is 243 g/mol. The van der Waals surface area contributed by atoms with Crippen LogP contribution in [-0.4, -0.2) is 49.2 Å². The van der Waals surface area contributed by atoms with Gasteiger partial charge in [0.1, 0.15) is 0 Å². The SMILES string of the molecule is CCOC1CC(NC2CCC(O)CC2)C1OC. The molecule has 0 amide bonds. The minimum Gasteiger partial charge on any atom is -0.393 e. The highest BCUT2D eigenvalue weighted by molar-refractivity contribution is 4.98. The summed E-state index contributed by atoms with van der Waals surface area (Å²) in [6.45, 7) is 2.78. The van der Waals surface area contributed by atoms with Gasteiger partial charge in [0.05, 0.1) is 18.3 Å². The summed E-state index contributed by atoms with van der Waals surface area (Å²) in [5.41, 5.74) is 0. The van der Waals surface area contributed by atoms with Gasteiger partial charge >= 0.3 is 0 Å². The maximum Gasteiger partial charge on any atom is 0.0986 e. The fourth-order valence-corrected chi connectivity index (χ4v) is 2.98. The van der Waals surface area contributed by atoms with E-state index in [9.17, 15) is 5.11 Å². The van der Waals surface area contributed by atoms with Crippen molar-refractivity contribution in [3.8, 4) is 0 Å². The fourth-order valence-electron chi connectivity index (χ4n) is 2.98. The van der Waals surface area contributed by atoms with Gasteiger partial charge in [-0.25, -0.2) is 0 Å². The molecular formula is C13H25NO3. The molecule has 3 atom stereocenters. The number of aliphatic hydroxyl groups excluding tert-OH is 1. The lowest BCUT2D eigenvalue weighted by Gasteiger charge is -2.45. The van der Waals surface area contributed by atoms with Crippen molar-refractivity contribution in [3.05, 3.63) is 0 Å². The molecule has 4 nitrogen and oxygen atoms in total. The molecule has 0 spiro atoms. The van der Waals surface area contributed by atoms with Crippen molar-refractivity contribution in [1.29, 1.82) is 0 Å². The Morgan fingerprint density at radius 1 is 1.24 bits per heavy atom. The minimum absolute atomic E-state index is 0.0798. The van der Waals surface area contributed by atoms with E-state index in [0.717, 1.165) is 38.7 Å². The van der Waals surface area contributed by atoms with Crippen molar-refractivity contribution in [1.82, 2.24) is 5.32 Å². The number of hydrogen-bond donors (Lipinski definition) is 2. The molecule has 2 N–H and O–H groups in total. The summed E-state index contributed by atoms with van der Waals surface area (Å²) in [6, 6.07) is 0.973. The van der Waals surface area contributed by atoms with Gasteiger partial charge in [0.25, 0.3) is 0 Å². The van der Waals surface area contributed by atoms with Crippen LogP contribution in [0.5, 0.6) is 0 Å². The molecule has 0 aromatic heterocycles. The van der Waals surface area contributed by atoms with Gasteiger partial charge < -0.3 is 19.9 Å². The van der Waals surface area contributed by atoms with Crippen molar-refractivity contribution in [2.45, 2.75) is 69.4 Å². The van der Waals surface area contributed by atoms with Crippen molar-refractivity contribution < 1.29 is 14.6 Å². The summed E-state index contributed by atoms with van der Waals surface area (Å²) >= 11 is 0. The largest absolute Gasteiger partial charge is 0.393 e. The Labute approximate surface area is 104 Å². The average Bonchev–Trinajstić information content (AvgIpc) is 2.30. The molecule has 4 heteroatoms. The highest BCUT2D eigenvalue weighted by Crippen LogP contribution is 2.29. The molecule has 3 unspecified atom stereocenters. The lowest BCUT2D eigenvalue weighted by Crippen LogP contribution is -2.62. The normalized spacial score (nSPS) is 42.2. The van der Waals surface area contributed by atoms with Crippen LogP contribution in [-0.2, 0) is 9.47 Å². The molecule has 0 aliphatic heterocycles. The van der Waals surface area contributed by atoms with Crippen LogP contribution in [0.4, 0.5) is 0 Å². The lowest BCUT2D eigenvalue weighted by atomic mass is 9.83. The zero-order chi connectivity index (χ0) is 12.3. The predicted octanol–water partition coefficient (Wildman–Crippen LogP) is 1.07. The average molecular weight is 243 g/mol. The van der Waals surface area contributed by atoms with Crippen LogP contribution in [0.1, 0.15) is 39.0 Å². The quantitative estimate of drug-likeness (QED) is 0.758. The molecular weight excluding hydrogens is 218 g/mol. The zero-order valence-electron chi connectivity index (χ0n) is 10.9. The fraction of sp³-hybridized carbons (Fsp3) is 1.00. The van der Waals surface area contributed by atoms with Crippen LogP contribution in [0.2, 0.25) is 0 Å². The van der Waals surface area contributed by atoms with Crippen LogP contribution >= 0.6 is 0 Å². The molecule has 0 radical (unpaired) electrons. The Morgan fingerprint density at radius 3 is 2.53 bits per heavy atom. The van der Waals surface area contributed by atoms with Crippen LogP contribution < -0.4 is 5.32 Å². The highest BCUT2D eigenvalue weighted by atomic mass is 16.5. The van der Waals surface area contributed by atoms with Gasteiger partial charge in [-0.1, -0.05) is 0 Å². The first-order chi connectivity index (χ1) is 8.24. The summed E-state index contributed by atoms with van der Waals surface area (Å²) in [4.78, 5) is 0. The molecule has 0 aromatic carbocycles. The second-order valence-corrected chi connectivity index (χ2v) is 5.21. The summed E-state index contributed by atoms with van der Waals surface area (Å²) in [7, 11) is 1.76. The molecule has 2 aliphatic carbocycles. The van der Waals surface area contributed by atoms with E-state index in [1.54, 1.807) is 7.11 Å². The Kier molecular flexibility index (Phi) is 4.79. The third-order valence-electron chi connectivity index (χ3n) is 4.05. The number of rotatable bonds is 5. The predicted molar refractivity (Wildman–Crippen MR) is 66.0 cm³/mol. The Bertz CT molecular complexity index is 229. The van der Waals surface area contributed by atoms with Crippen LogP contribution in [0.25, 0.3) is 0 Å². The van der Waals surface area contributed by atoms with E-state index in [4.69, 9.17) is 9.47 Å². The molecule has 2 aliphatic rings. The van der Waals surface area contributed by atoms with Crippen LogP contribution in [0.15, 0.2) is 0 Å². The van der Waals surface area contributed by atoms with E-state index in [1.165, 1.54) is 0 Å². The molecule has 0 bridgehead atoms. The Hall–Kier alpha value is -0.160. The summed E-state index contributed by atoms with van der Waals surface area (Å²) in [6.07, 6.45) is 5.43. The van der Waals surface area contributed by atoms with Crippen molar-refractivity contribution in [3.63, 3.8) is 0 Å². The lowest BCUT2D eigenvalue weighted by molar-refractivity contribution is -0.134. The smallest absolute Gasteiger partial charge is 0.0986 e. The van der Waals surface area contributed by atoms with E-state index in [1.807, 2.05) is 6.92 Å². The number of aliphatic hydroxyl groups is 1. The van der Waals surface area contributed by atoms with Gasteiger partial charge in [-0.2, -0.15) is 0 Å².